The van der Waals surface area contributed by atoms with Gasteiger partial charge in [0.25, 0.3) is 0 Å². The molecule has 0 rings (SSSR count). The van der Waals surface area contributed by atoms with Gasteiger partial charge in [-0.2, -0.15) is 0 Å². The monoisotopic (exact) mass is 380 g/mol. The van der Waals surface area contributed by atoms with E-state index in [4.69, 9.17) is 28.6 Å². The minimum absolute atomic E-state index is 0.176. The van der Waals surface area contributed by atoms with Crippen LogP contribution in [-0.4, -0.2) is 64.1 Å². The average molecular weight is 380 g/mol. The number of carbonyl (C=O) groups is 3. The SMILES string of the molecule is C=C(C)C(=O)O.C=C(C)C(=O)O.C=C(C)C(=O)O.CO[SiH](OC)OC. The van der Waals surface area contributed by atoms with E-state index in [1.165, 1.54) is 20.8 Å². The summed E-state index contributed by atoms with van der Waals surface area (Å²) >= 11 is 0. The number of carboxylic acids is 3. The van der Waals surface area contributed by atoms with Crippen LogP contribution in [0.2, 0.25) is 0 Å². The van der Waals surface area contributed by atoms with E-state index in [0.29, 0.717) is 0 Å². The van der Waals surface area contributed by atoms with E-state index in [1.807, 2.05) is 0 Å². The summed E-state index contributed by atoms with van der Waals surface area (Å²) in [4.78, 5) is 28.8. The number of hydrogen-bond acceptors (Lipinski definition) is 6. The molecule has 10 heteroatoms. The standard InChI is InChI=1S/3C4H6O2.C3H10O3Si/c3*1-3(2)4(5)6;1-4-7(5-2)6-3/h3*1H2,2H3,(H,5,6);7H,1-3H3. The second-order valence-electron chi connectivity index (χ2n) is 4.25. The smallest absolute Gasteiger partial charge is 0.478 e. The Balaban J connectivity index is -0.000000118. The molecule has 0 atom stereocenters. The van der Waals surface area contributed by atoms with Crippen LogP contribution in [0, 0.1) is 0 Å². The van der Waals surface area contributed by atoms with Crippen LogP contribution >= 0.6 is 0 Å². The van der Waals surface area contributed by atoms with E-state index in [9.17, 15) is 14.4 Å². The van der Waals surface area contributed by atoms with Crippen molar-refractivity contribution < 1.29 is 43.0 Å². The van der Waals surface area contributed by atoms with Gasteiger partial charge in [0.05, 0.1) is 0 Å². The summed E-state index contributed by atoms with van der Waals surface area (Å²) in [6, 6.07) is 0. The summed E-state index contributed by atoms with van der Waals surface area (Å²) in [6.45, 7) is 13.8. The predicted octanol–water partition coefficient (Wildman–Crippen LogP) is 1.58. The lowest BCUT2D eigenvalue weighted by atomic mass is 10.4. The summed E-state index contributed by atoms with van der Waals surface area (Å²) in [5.41, 5.74) is 0.528. The molecule has 25 heavy (non-hydrogen) atoms. The minimum Gasteiger partial charge on any atom is -0.478 e. The van der Waals surface area contributed by atoms with E-state index in [0.717, 1.165) is 0 Å². The second kappa shape index (κ2) is 19.8. The van der Waals surface area contributed by atoms with Crippen molar-refractivity contribution in [2.75, 3.05) is 21.3 Å². The van der Waals surface area contributed by atoms with Crippen LogP contribution in [0.15, 0.2) is 36.5 Å². The molecule has 0 aromatic rings. The van der Waals surface area contributed by atoms with Crippen molar-refractivity contribution in [1.82, 2.24) is 0 Å². The van der Waals surface area contributed by atoms with E-state index >= 15 is 0 Å². The molecular formula is C15H28O9Si. The normalized spacial score (nSPS) is 8.28. The molecule has 0 saturated heterocycles. The third kappa shape index (κ3) is 34.2. The maximum absolute atomic E-state index is 9.60. The number of aliphatic carboxylic acids is 3. The largest absolute Gasteiger partial charge is 0.483 e. The maximum atomic E-state index is 9.60. The zero-order chi connectivity index (χ0) is 21.2. The van der Waals surface area contributed by atoms with Gasteiger partial charge in [-0.15, -0.1) is 0 Å². The molecule has 0 heterocycles. The van der Waals surface area contributed by atoms with E-state index < -0.39 is 27.4 Å². The molecule has 0 aliphatic carbocycles. The summed E-state index contributed by atoms with van der Waals surface area (Å²) in [7, 11) is 3.05. The van der Waals surface area contributed by atoms with Crippen LogP contribution < -0.4 is 0 Å². The van der Waals surface area contributed by atoms with Crippen molar-refractivity contribution in [3.8, 4) is 0 Å². The fourth-order valence-corrected chi connectivity index (χ4v) is 0.866. The first-order valence-corrected chi connectivity index (χ1v) is 7.94. The third-order valence-corrected chi connectivity index (χ3v) is 2.83. The predicted molar refractivity (Wildman–Crippen MR) is 95.5 cm³/mol. The van der Waals surface area contributed by atoms with Gasteiger partial charge >= 0.3 is 27.4 Å². The Morgan fingerprint density at radius 1 is 0.640 bits per heavy atom. The van der Waals surface area contributed by atoms with E-state index in [2.05, 4.69) is 19.7 Å². The zero-order valence-electron chi connectivity index (χ0n) is 15.5. The molecule has 3 N–H and O–H groups in total. The summed E-state index contributed by atoms with van der Waals surface area (Å²) in [6.07, 6.45) is 0. The molecule has 0 aliphatic heterocycles. The van der Waals surface area contributed by atoms with Gasteiger partial charge in [0.2, 0.25) is 0 Å². The fourth-order valence-electron chi connectivity index (χ4n) is 0.289. The van der Waals surface area contributed by atoms with Crippen LogP contribution in [0.3, 0.4) is 0 Å². The van der Waals surface area contributed by atoms with Gasteiger partial charge in [-0.1, -0.05) is 19.7 Å². The summed E-state index contributed by atoms with van der Waals surface area (Å²) < 4.78 is 14.2. The van der Waals surface area contributed by atoms with Crippen molar-refractivity contribution in [3.05, 3.63) is 36.5 Å². The first-order chi connectivity index (χ1) is 11.3. The number of hydrogen-bond donors (Lipinski definition) is 3. The highest BCUT2D eigenvalue weighted by Crippen LogP contribution is 1.82. The Bertz CT molecular complexity index is 355. The van der Waals surface area contributed by atoms with Crippen molar-refractivity contribution in [2.45, 2.75) is 20.8 Å². The zero-order valence-corrected chi connectivity index (χ0v) is 16.6. The Kier molecular flexibility index (Phi) is 24.2. The molecule has 146 valence electrons. The van der Waals surface area contributed by atoms with Gasteiger partial charge in [-0.3, -0.25) is 0 Å². The van der Waals surface area contributed by atoms with Crippen molar-refractivity contribution >= 4 is 27.4 Å². The lowest BCUT2D eigenvalue weighted by molar-refractivity contribution is -0.133. The minimum atomic E-state index is -1.67. The van der Waals surface area contributed by atoms with Crippen LogP contribution in [0.5, 0.6) is 0 Å². The van der Waals surface area contributed by atoms with Crippen LogP contribution in [0.1, 0.15) is 20.8 Å². The molecule has 0 aromatic carbocycles. The molecule has 9 nitrogen and oxygen atoms in total. The molecule has 0 spiro atoms. The first-order valence-electron chi connectivity index (χ1n) is 6.53. The van der Waals surface area contributed by atoms with E-state index in [-0.39, 0.29) is 16.7 Å². The lowest BCUT2D eigenvalue weighted by Gasteiger charge is -2.05. The molecule has 0 saturated carbocycles. The van der Waals surface area contributed by atoms with Crippen LogP contribution in [0.25, 0.3) is 0 Å². The molecule has 0 amide bonds. The molecular weight excluding hydrogens is 352 g/mol. The highest BCUT2D eigenvalue weighted by atomic mass is 28.3. The van der Waals surface area contributed by atoms with Gasteiger partial charge in [-0.05, 0) is 20.8 Å². The molecule has 0 unspecified atom stereocenters. The molecule has 0 bridgehead atoms. The van der Waals surface area contributed by atoms with E-state index in [1.54, 1.807) is 21.3 Å². The number of rotatable bonds is 6. The quantitative estimate of drug-likeness (QED) is 0.463. The number of carboxylic acid groups (broad SMARTS) is 3. The van der Waals surface area contributed by atoms with Gasteiger partial charge in [0.15, 0.2) is 0 Å². The summed E-state index contributed by atoms with van der Waals surface area (Å²) in [5.74, 6) is -2.81. The second-order valence-corrected chi connectivity index (χ2v) is 6.24. The lowest BCUT2D eigenvalue weighted by Crippen LogP contribution is -2.21. The van der Waals surface area contributed by atoms with Crippen LogP contribution in [0.4, 0.5) is 0 Å². The highest BCUT2D eigenvalue weighted by molar-refractivity contribution is 6.36. The molecule has 0 aromatic heterocycles. The summed E-state index contributed by atoms with van der Waals surface area (Å²) in [5, 5.41) is 23.7. The Hall–Kier alpha value is -2.27. The molecule has 0 radical (unpaired) electrons. The highest BCUT2D eigenvalue weighted by Gasteiger charge is 2.04. The fraction of sp³-hybridized carbons (Fsp3) is 0.400. The van der Waals surface area contributed by atoms with Crippen molar-refractivity contribution in [1.29, 1.82) is 0 Å². The van der Waals surface area contributed by atoms with Gasteiger partial charge in [0, 0.05) is 38.0 Å². The average Bonchev–Trinajstić information content (AvgIpc) is 2.50. The van der Waals surface area contributed by atoms with Crippen molar-refractivity contribution in [3.63, 3.8) is 0 Å². The first kappa shape index (κ1) is 30.6. The Labute approximate surface area is 149 Å². The van der Waals surface area contributed by atoms with Crippen molar-refractivity contribution in [2.24, 2.45) is 0 Å². The topological polar surface area (TPSA) is 140 Å². The van der Waals surface area contributed by atoms with Crippen LogP contribution in [-0.2, 0) is 27.7 Å². The molecule has 0 fully saturated rings. The molecule has 0 aliphatic rings. The third-order valence-electron chi connectivity index (χ3n) is 1.67. The Morgan fingerprint density at radius 2 is 0.760 bits per heavy atom. The maximum Gasteiger partial charge on any atom is 0.483 e. The van der Waals surface area contributed by atoms with Gasteiger partial charge in [-0.25, -0.2) is 14.4 Å². The Morgan fingerprint density at radius 3 is 0.760 bits per heavy atom. The van der Waals surface area contributed by atoms with Gasteiger partial charge < -0.3 is 28.6 Å². The van der Waals surface area contributed by atoms with Gasteiger partial charge in [0.1, 0.15) is 0 Å².